The minimum absolute atomic E-state index is 0.105. The normalized spacial score (nSPS) is 10.7. The van der Waals surface area contributed by atoms with E-state index in [4.69, 9.17) is 9.26 Å². The molecule has 7 nitrogen and oxygen atoms in total. The van der Waals surface area contributed by atoms with Gasteiger partial charge in [0, 0.05) is 42.7 Å². The molecule has 0 aliphatic rings. The van der Waals surface area contributed by atoms with Crippen molar-refractivity contribution in [3.05, 3.63) is 77.5 Å². The average Bonchev–Trinajstić information content (AvgIpc) is 3.49. The lowest BCUT2D eigenvalue weighted by Gasteiger charge is -2.15. The van der Waals surface area contributed by atoms with Crippen molar-refractivity contribution in [1.82, 2.24) is 15.0 Å². The zero-order valence-corrected chi connectivity index (χ0v) is 18.8. The summed E-state index contributed by atoms with van der Waals surface area (Å²) in [6, 6.07) is 19.4. The fraction of sp³-hybridized carbons (Fsp3) is 0.208. The Morgan fingerprint density at radius 3 is 2.69 bits per heavy atom. The lowest BCUT2D eigenvalue weighted by atomic mass is 10.1. The summed E-state index contributed by atoms with van der Waals surface area (Å²) < 4.78 is 10.6. The molecule has 0 radical (unpaired) electrons. The van der Waals surface area contributed by atoms with Crippen LogP contribution < -0.4 is 10.1 Å². The Morgan fingerprint density at radius 2 is 1.94 bits per heavy atom. The van der Waals surface area contributed by atoms with Crippen LogP contribution in [0.15, 0.2) is 70.6 Å². The summed E-state index contributed by atoms with van der Waals surface area (Å²) in [7, 11) is 3.42. The van der Waals surface area contributed by atoms with Crippen LogP contribution in [0.5, 0.6) is 5.75 Å². The van der Waals surface area contributed by atoms with Gasteiger partial charge >= 0.3 is 0 Å². The van der Waals surface area contributed by atoms with Crippen molar-refractivity contribution in [2.75, 3.05) is 26.0 Å². The first kappa shape index (κ1) is 21.6. The highest BCUT2D eigenvalue weighted by molar-refractivity contribution is 7.14. The van der Waals surface area contributed by atoms with E-state index >= 15 is 0 Å². The first-order chi connectivity index (χ1) is 15.6. The van der Waals surface area contributed by atoms with Crippen LogP contribution in [0.3, 0.4) is 0 Å². The molecule has 2 aromatic heterocycles. The third-order valence-corrected chi connectivity index (χ3v) is 5.71. The maximum Gasteiger partial charge on any atom is 0.273 e. The summed E-state index contributed by atoms with van der Waals surface area (Å²) in [5.74, 6) is 1.49. The van der Waals surface area contributed by atoms with Crippen LogP contribution in [-0.4, -0.2) is 41.6 Å². The second-order valence-corrected chi connectivity index (χ2v) is 8.12. The predicted octanol–water partition coefficient (Wildman–Crippen LogP) is 5.26. The van der Waals surface area contributed by atoms with Gasteiger partial charge in [-0.3, -0.25) is 4.79 Å². The van der Waals surface area contributed by atoms with E-state index in [2.05, 4.69) is 15.5 Å². The summed E-state index contributed by atoms with van der Waals surface area (Å²) in [6.07, 6.45) is 1.48. The van der Waals surface area contributed by atoms with Gasteiger partial charge in [0.2, 0.25) is 0 Å². The maximum atomic E-state index is 12.7. The van der Waals surface area contributed by atoms with Gasteiger partial charge in [-0.2, -0.15) is 0 Å². The molecule has 32 heavy (non-hydrogen) atoms. The van der Waals surface area contributed by atoms with E-state index < -0.39 is 0 Å². The van der Waals surface area contributed by atoms with Crippen LogP contribution in [0.25, 0.3) is 11.3 Å². The number of nitrogens with one attached hydrogen (secondary N) is 1. The second-order valence-electron chi connectivity index (χ2n) is 7.27. The number of nitrogens with zero attached hydrogens (tertiary/aromatic N) is 3. The van der Waals surface area contributed by atoms with Crippen molar-refractivity contribution in [2.24, 2.45) is 0 Å². The van der Waals surface area contributed by atoms with Gasteiger partial charge < -0.3 is 19.5 Å². The van der Waals surface area contributed by atoms with Crippen molar-refractivity contribution >= 4 is 28.1 Å². The minimum atomic E-state index is -0.105. The fourth-order valence-electron chi connectivity index (χ4n) is 3.19. The van der Waals surface area contributed by atoms with Crippen molar-refractivity contribution in [3.63, 3.8) is 0 Å². The smallest absolute Gasteiger partial charge is 0.273 e. The monoisotopic (exact) mass is 448 g/mol. The molecule has 1 N–H and O–H groups in total. The van der Waals surface area contributed by atoms with Gasteiger partial charge in [-0.1, -0.05) is 35.5 Å². The highest BCUT2D eigenvalue weighted by atomic mass is 32.1. The first-order valence-corrected chi connectivity index (χ1v) is 11.1. The van der Waals surface area contributed by atoms with Gasteiger partial charge in [0.1, 0.15) is 22.9 Å². The molecule has 0 saturated carbocycles. The summed E-state index contributed by atoms with van der Waals surface area (Å²) >= 11 is 1.40. The SMILES string of the molecule is COc1ccc(Nc2nc(C(=O)N(C)CCCc3cc(-c4ccccc4)no3)cs2)cc1. The van der Waals surface area contributed by atoms with Crippen LogP contribution in [0.4, 0.5) is 10.8 Å². The fourth-order valence-corrected chi connectivity index (χ4v) is 3.90. The number of hydrogen-bond donors (Lipinski definition) is 1. The number of methoxy groups -OCH3 is 1. The summed E-state index contributed by atoms with van der Waals surface area (Å²) in [4.78, 5) is 18.8. The van der Waals surface area contributed by atoms with Crippen LogP contribution in [0.2, 0.25) is 0 Å². The molecule has 0 fully saturated rings. The number of ether oxygens (including phenoxy) is 1. The Hall–Kier alpha value is -3.65. The number of amides is 1. The quantitative estimate of drug-likeness (QED) is 0.376. The molecule has 0 atom stereocenters. The molecular weight excluding hydrogens is 424 g/mol. The summed E-state index contributed by atoms with van der Waals surface area (Å²) in [5.41, 5.74) is 3.16. The Bertz CT molecular complexity index is 1160. The zero-order valence-electron chi connectivity index (χ0n) is 17.9. The molecular formula is C24H24N4O3S. The number of rotatable bonds is 9. The molecule has 0 spiro atoms. The molecule has 2 heterocycles. The van der Waals surface area contributed by atoms with Gasteiger partial charge in [-0.15, -0.1) is 11.3 Å². The van der Waals surface area contributed by atoms with Gasteiger partial charge in [0.25, 0.3) is 5.91 Å². The third-order valence-electron chi connectivity index (χ3n) is 4.96. The lowest BCUT2D eigenvalue weighted by molar-refractivity contribution is 0.0788. The molecule has 0 aliphatic heterocycles. The van der Waals surface area contributed by atoms with E-state index in [9.17, 15) is 4.79 Å². The largest absolute Gasteiger partial charge is 0.497 e. The first-order valence-electron chi connectivity index (χ1n) is 10.3. The molecule has 0 bridgehead atoms. The van der Waals surface area contributed by atoms with Gasteiger partial charge in [-0.25, -0.2) is 4.98 Å². The third kappa shape index (κ3) is 5.33. The molecule has 0 aliphatic carbocycles. The Labute approximate surface area is 190 Å². The number of hydrogen-bond acceptors (Lipinski definition) is 7. The lowest BCUT2D eigenvalue weighted by Crippen LogP contribution is -2.28. The van der Waals surface area contributed by atoms with E-state index in [1.165, 1.54) is 11.3 Å². The average molecular weight is 449 g/mol. The van der Waals surface area contributed by atoms with E-state index in [0.29, 0.717) is 23.8 Å². The van der Waals surface area contributed by atoms with Crippen LogP contribution in [0, 0.1) is 0 Å². The number of anilines is 2. The molecule has 4 rings (SSSR count). The molecule has 164 valence electrons. The standard InChI is InChI=1S/C24H24N4O3S/c1-28(14-6-9-20-15-21(27-31-20)17-7-4-3-5-8-17)23(29)22-16-32-24(26-22)25-18-10-12-19(30-2)13-11-18/h3-5,7-8,10-13,15-16H,6,9,14H2,1-2H3,(H,25,26). The van der Waals surface area contributed by atoms with E-state index in [1.54, 1.807) is 24.4 Å². The number of carbonyl (C=O) groups is 1. The number of aryl methyl sites for hydroxylation is 1. The zero-order chi connectivity index (χ0) is 22.3. The van der Waals surface area contributed by atoms with E-state index in [1.807, 2.05) is 60.7 Å². The van der Waals surface area contributed by atoms with Crippen LogP contribution >= 0.6 is 11.3 Å². The Morgan fingerprint density at radius 1 is 1.16 bits per heavy atom. The van der Waals surface area contributed by atoms with Crippen molar-refractivity contribution in [2.45, 2.75) is 12.8 Å². The van der Waals surface area contributed by atoms with Gasteiger partial charge in [0.05, 0.1) is 7.11 Å². The second kappa shape index (κ2) is 10.1. The predicted molar refractivity (Wildman–Crippen MR) is 126 cm³/mol. The molecule has 2 aromatic carbocycles. The Kier molecular flexibility index (Phi) is 6.81. The van der Waals surface area contributed by atoms with Gasteiger partial charge in [0.15, 0.2) is 5.13 Å². The molecule has 0 unspecified atom stereocenters. The number of thiazole rings is 1. The topological polar surface area (TPSA) is 80.5 Å². The van der Waals surface area contributed by atoms with Crippen molar-refractivity contribution < 1.29 is 14.1 Å². The molecule has 1 amide bonds. The number of benzene rings is 2. The van der Waals surface area contributed by atoms with Crippen LogP contribution in [-0.2, 0) is 6.42 Å². The molecule has 4 aromatic rings. The summed E-state index contributed by atoms with van der Waals surface area (Å²) in [5, 5.41) is 9.79. The molecule has 8 heteroatoms. The number of aromatic nitrogens is 2. The Balaban J connectivity index is 1.27. The minimum Gasteiger partial charge on any atom is -0.497 e. The van der Waals surface area contributed by atoms with Gasteiger partial charge in [-0.05, 0) is 30.7 Å². The molecule has 0 saturated heterocycles. The highest BCUT2D eigenvalue weighted by Gasteiger charge is 2.16. The highest BCUT2D eigenvalue weighted by Crippen LogP contribution is 2.23. The van der Waals surface area contributed by atoms with Crippen molar-refractivity contribution in [3.8, 4) is 17.0 Å². The maximum absolute atomic E-state index is 12.7. The van der Waals surface area contributed by atoms with E-state index in [0.717, 1.165) is 34.9 Å². The van der Waals surface area contributed by atoms with Crippen molar-refractivity contribution in [1.29, 1.82) is 0 Å². The summed E-state index contributed by atoms with van der Waals surface area (Å²) in [6.45, 7) is 0.596. The number of carbonyl (C=O) groups excluding carboxylic acids is 1. The van der Waals surface area contributed by atoms with E-state index in [-0.39, 0.29) is 5.91 Å². The van der Waals surface area contributed by atoms with Crippen LogP contribution in [0.1, 0.15) is 22.7 Å².